The van der Waals surface area contributed by atoms with Crippen LogP contribution in [-0.2, 0) is 34.4 Å². The number of nitrogens with zero attached hydrogens (tertiary/aromatic N) is 6. The Hall–Kier alpha value is -2.18. The largest absolute Gasteiger partial charge is 5.00 e. The van der Waals surface area contributed by atoms with Crippen molar-refractivity contribution in [2.75, 3.05) is 0 Å². The maximum Gasteiger partial charge on any atom is 5.00 e. The zero-order valence-electron chi connectivity index (χ0n) is 18.8. The van der Waals surface area contributed by atoms with E-state index in [1.807, 2.05) is 6.92 Å². The van der Waals surface area contributed by atoms with Crippen LogP contribution in [0, 0.1) is 15.6 Å². The summed E-state index contributed by atoms with van der Waals surface area (Å²) in [7, 11) is 0. The summed E-state index contributed by atoms with van der Waals surface area (Å²) in [5.74, 6) is -0.432. The van der Waals surface area contributed by atoms with Crippen LogP contribution >= 0.6 is 0 Å². The second-order valence-electron chi connectivity index (χ2n) is 6.46. The van der Waals surface area contributed by atoms with Gasteiger partial charge in [-0.1, -0.05) is 20.3 Å². The molecule has 0 aliphatic carbocycles. The Morgan fingerprint density at radius 2 is 0.935 bits per heavy atom. The molecule has 0 saturated carbocycles. The summed E-state index contributed by atoms with van der Waals surface area (Å²) in [6.07, 6.45) is 0.510. The molecular weight excluding hydrogens is 517 g/mol. The molecule has 0 amide bonds. The van der Waals surface area contributed by atoms with Gasteiger partial charge in [0.15, 0.2) is 0 Å². The number of oxime groups is 3. The first-order chi connectivity index (χ1) is 13.6. The molecule has 0 heterocycles. The van der Waals surface area contributed by atoms with Crippen molar-refractivity contribution in [2.24, 2.45) is 30.9 Å². The summed E-state index contributed by atoms with van der Waals surface area (Å²) < 4.78 is 16.6. The summed E-state index contributed by atoms with van der Waals surface area (Å²) in [6.45, 7) is 9.72. The summed E-state index contributed by atoms with van der Waals surface area (Å²) in [4.78, 5) is 0. The Balaban J connectivity index is -0.00000392. The van der Waals surface area contributed by atoms with Crippen molar-refractivity contribution in [3.8, 4) is 0 Å². The quantitative estimate of drug-likeness (QED) is 0.211. The molecule has 0 aliphatic heterocycles. The van der Waals surface area contributed by atoms with Crippen LogP contribution in [0.3, 0.4) is 0 Å². The van der Waals surface area contributed by atoms with E-state index in [0.29, 0.717) is 6.42 Å². The molecular formula is C16H27BClN6O6Tc. The second kappa shape index (κ2) is 16.5. The Labute approximate surface area is 201 Å². The average molecular weight is 545 g/mol. The Morgan fingerprint density at radius 1 is 0.677 bits per heavy atom. The van der Waals surface area contributed by atoms with Crippen LogP contribution in [0.4, 0.5) is 0 Å². The van der Waals surface area contributed by atoms with Crippen LogP contribution in [-0.4, -0.2) is 41.0 Å². The molecule has 0 aromatic heterocycles. The molecule has 0 radical (unpaired) electrons. The Bertz CT molecular complexity index is 656. The third-order valence-corrected chi connectivity index (χ3v) is 4.33. The molecule has 0 aromatic rings. The van der Waals surface area contributed by atoms with Crippen molar-refractivity contribution in [1.82, 2.24) is 0 Å². The van der Waals surface area contributed by atoms with E-state index in [1.165, 1.54) is 41.5 Å². The fraction of sp³-hybridized carbons (Fsp3) is 0.625. The van der Waals surface area contributed by atoms with Crippen LogP contribution in [0.15, 0.2) is 30.9 Å². The van der Waals surface area contributed by atoms with Crippen molar-refractivity contribution in [3.05, 3.63) is 15.6 Å². The second-order valence-corrected chi connectivity index (χ2v) is 6.46. The van der Waals surface area contributed by atoms with Gasteiger partial charge in [-0.05, 0) is 47.4 Å². The molecule has 0 rings (SSSR count). The predicted octanol–water partition coefficient (Wildman–Crippen LogP) is 0.781. The number of halogens is 1. The molecule has 0 aliphatic rings. The molecule has 0 saturated heterocycles. The molecule has 12 nitrogen and oxygen atoms in total. The van der Waals surface area contributed by atoms with E-state index >= 15 is 0 Å². The predicted molar refractivity (Wildman–Crippen MR) is 117 cm³/mol. The fourth-order valence-corrected chi connectivity index (χ4v) is 1.51. The maximum atomic E-state index is 10.7. The summed E-state index contributed by atoms with van der Waals surface area (Å²) >= 11 is 0. The first kappa shape index (κ1) is 33.5. The molecule has 0 fully saturated rings. The topological polar surface area (TPSA) is 171 Å². The normalized spacial score (nSPS) is 15.5. The van der Waals surface area contributed by atoms with E-state index in [4.69, 9.17) is 14.3 Å². The van der Waals surface area contributed by atoms with Gasteiger partial charge in [-0.3, -0.25) is 0 Å². The molecule has 1 unspecified atom stereocenters. The number of hydrogen-bond donors (Lipinski definition) is 0. The van der Waals surface area contributed by atoms with Gasteiger partial charge in [0.05, 0.1) is 34.3 Å². The zero-order valence-corrected chi connectivity index (χ0v) is 21.4. The molecule has 0 spiro atoms. The van der Waals surface area contributed by atoms with Crippen LogP contribution < -0.4 is 12.4 Å². The SMILES string of the molecule is CCC(C)[B-](O/N=C(C)\C(C)=N/[O-])(O/N=C(C)\C(C)=N/[O-])O/N=C(C)\C(C)=N/[O-].[99Tc+5].[Cl-]. The van der Waals surface area contributed by atoms with Crippen LogP contribution in [0.1, 0.15) is 61.8 Å². The van der Waals surface area contributed by atoms with Gasteiger partial charge >= 0.3 is 26.9 Å². The molecule has 15 heteroatoms. The van der Waals surface area contributed by atoms with Gasteiger partial charge in [0, 0.05) is 0 Å². The molecule has 31 heavy (non-hydrogen) atoms. The third-order valence-electron chi connectivity index (χ3n) is 4.33. The average Bonchev–Trinajstić information content (AvgIpc) is 2.75. The van der Waals surface area contributed by atoms with E-state index in [9.17, 15) is 15.6 Å². The van der Waals surface area contributed by atoms with Crippen molar-refractivity contribution < 1.29 is 46.8 Å². The van der Waals surface area contributed by atoms with Crippen LogP contribution in [0.2, 0.25) is 5.82 Å². The first-order valence-electron chi connectivity index (χ1n) is 8.92. The smallest absolute Gasteiger partial charge is 1.00 e. The van der Waals surface area contributed by atoms with Crippen molar-refractivity contribution in [2.45, 2.75) is 67.6 Å². The van der Waals surface area contributed by atoms with E-state index in [0.717, 1.165) is 0 Å². The zero-order chi connectivity index (χ0) is 22.6. The fourth-order valence-electron chi connectivity index (χ4n) is 1.51. The first-order valence-corrected chi connectivity index (χ1v) is 8.92. The van der Waals surface area contributed by atoms with Crippen molar-refractivity contribution in [3.63, 3.8) is 0 Å². The minimum Gasteiger partial charge on any atom is -1.00 e. The van der Waals surface area contributed by atoms with E-state index < -0.39 is 12.6 Å². The van der Waals surface area contributed by atoms with Gasteiger partial charge in [-0.15, -0.1) is 15.5 Å². The summed E-state index contributed by atoms with van der Waals surface area (Å²) in [5, 5.41) is 52.1. The van der Waals surface area contributed by atoms with Crippen LogP contribution in [0.5, 0.6) is 0 Å². The molecule has 174 valence electrons. The van der Waals surface area contributed by atoms with Crippen LogP contribution in [0.25, 0.3) is 0 Å². The minimum absolute atomic E-state index is 0. The van der Waals surface area contributed by atoms with Gasteiger partial charge in [-0.25, -0.2) is 0 Å². The van der Waals surface area contributed by atoms with E-state index in [1.54, 1.807) is 6.92 Å². The van der Waals surface area contributed by atoms with Crippen molar-refractivity contribution >= 4 is 41.0 Å². The minimum atomic E-state index is -2.80. The third kappa shape index (κ3) is 10.6. The molecule has 1 atom stereocenters. The maximum absolute atomic E-state index is 10.7. The molecule has 0 N–H and O–H groups in total. The number of rotatable bonds is 11. The van der Waals surface area contributed by atoms with Gasteiger partial charge in [0.1, 0.15) is 0 Å². The monoisotopic (exact) mass is 544 g/mol. The van der Waals surface area contributed by atoms with Gasteiger partial charge in [0.25, 0.3) is 0 Å². The summed E-state index contributed by atoms with van der Waals surface area (Å²) in [6, 6.07) is 0. The van der Waals surface area contributed by atoms with Gasteiger partial charge in [-0.2, -0.15) is 0 Å². The standard InChI is InChI=1S/C16H30BN6O6.ClH.Tc/c1-9-10(2)17(27-21-14(6)11(3)18-24,28-22-15(7)12(4)19-25)29-23-16(8)13(5)20-26;;/h10,24-26H,9H2,1-8H3;1H;/q-1;;+5/p-4/b18-11-,19-12-,20-13-,21-14-,22-15-,23-16-;;/i;;1+1. The Morgan fingerprint density at radius 3 is 1.13 bits per heavy atom. The van der Waals surface area contributed by atoms with E-state index in [2.05, 4.69) is 30.9 Å². The van der Waals surface area contributed by atoms with Crippen molar-refractivity contribution in [1.29, 1.82) is 0 Å². The summed E-state index contributed by atoms with van der Waals surface area (Å²) in [5.41, 5.74) is 0.874. The molecule has 0 aromatic carbocycles. The molecule has 0 bridgehead atoms. The van der Waals surface area contributed by atoms with E-state index in [-0.39, 0.29) is 66.8 Å². The Kier molecular flexibility index (Phi) is 17.8. The van der Waals surface area contributed by atoms with Gasteiger partial charge < -0.3 is 57.8 Å². The van der Waals surface area contributed by atoms with Gasteiger partial charge in [0.2, 0.25) is 0 Å². The number of hydrogen-bond acceptors (Lipinski definition) is 12.